The van der Waals surface area contributed by atoms with Crippen molar-refractivity contribution in [2.45, 2.75) is 64.9 Å². The first-order valence-corrected chi connectivity index (χ1v) is 6.56. The van der Waals surface area contributed by atoms with Crippen molar-refractivity contribution in [1.82, 2.24) is 0 Å². The molecule has 0 spiro atoms. The molecule has 0 radical (unpaired) electrons. The van der Waals surface area contributed by atoms with Crippen LogP contribution in [0.2, 0.25) is 0 Å². The molecule has 0 aromatic carbocycles. The highest BCUT2D eigenvalue weighted by molar-refractivity contribution is 5.90. The van der Waals surface area contributed by atoms with Crippen LogP contribution in [0, 0.1) is 5.92 Å². The lowest BCUT2D eigenvalue weighted by Gasteiger charge is -2.12. The average Bonchev–Trinajstić information content (AvgIpc) is 2.51. The third kappa shape index (κ3) is 3.66. The number of rotatable bonds is 7. The van der Waals surface area contributed by atoms with Crippen molar-refractivity contribution in [3.8, 4) is 0 Å². The number of cyclic esters (lactones) is 1. The second kappa shape index (κ2) is 6.72. The summed E-state index contributed by atoms with van der Waals surface area (Å²) in [7, 11) is 0. The molecular weight excluding hydrogens is 200 g/mol. The highest BCUT2D eigenvalue weighted by Crippen LogP contribution is 2.29. The predicted molar refractivity (Wildman–Crippen MR) is 66.2 cm³/mol. The van der Waals surface area contributed by atoms with Crippen LogP contribution in [-0.4, -0.2) is 12.1 Å². The minimum Gasteiger partial charge on any atom is -0.458 e. The Kier molecular flexibility index (Phi) is 5.58. The Morgan fingerprint density at radius 1 is 1.19 bits per heavy atom. The molecule has 1 saturated heterocycles. The zero-order chi connectivity index (χ0) is 12.0. The van der Waals surface area contributed by atoms with Gasteiger partial charge in [-0.1, -0.05) is 52.5 Å². The molecule has 0 saturated carbocycles. The van der Waals surface area contributed by atoms with Gasteiger partial charge in [-0.15, -0.1) is 0 Å². The zero-order valence-corrected chi connectivity index (χ0v) is 10.6. The van der Waals surface area contributed by atoms with Crippen LogP contribution in [0.4, 0.5) is 0 Å². The smallest absolute Gasteiger partial charge is 0.334 e. The summed E-state index contributed by atoms with van der Waals surface area (Å²) in [5, 5.41) is 0. The molecule has 1 rings (SSSR count). The van der Waals surface area contributed by atoms with Gasteiger partial charge < -0.3 is 4.74 Å². The molecule has 0 N–H and O–H groups in total. The molecule has 0 aromatic heterocycles. The normalized spacial score (nSPS) is 24.9. The second-order valence-electron chi connectivity index (χ2n) is 4.81. The first-order chi connectivity index (χ1) is 7.66. The number of carbonyl (C=O) groups excluding carboxylic acids is 1. The molecule has 16 heavy (non-hydrogen) atoms. The van der Waals surface area contributed by atoms with Gasteiger partial charge in [0.05, 0.1) is 0 Å². The monoisotopic (exact) mass is 224 g/mol. The Balaban J connectivity index is 2.10. The molecule has 1 aliphatic rings. The molecule has 2 heteroatoms. The van der Waals surface area contributed by atoms with Crippen LogP contribution in [0.3, 0.4) is 0 Å². The predicted octanol–water partition coefficient (Wildman–Crippen LogP) is 3.85. The van der Waals surface area contributed by atoms with Gasteiger partial charge in [-0.2, -0.15) is 0 Å². The molecular formula is C14H24O2. The van der Waals surface area contributed by atoms with E-state index in [2.05, 4.69) is 13.5 Å². The number of carbonyl (C=O) groups is 1. The number of esters is 1. The van der Waals surface area contributed by atoms with Gasteiger partial charge in [-0.3, -0.25) is 0 Å². The van der Waals surface area contributed by atoms with Crippen LogP contribution in [0.5, 0.6) is 0 Å². The molecule has 0 unspecified atom stereocenters. The fourth-order valence-electron chi connectivity index (χ4n) is 2.16. The topological polar surface area (TPSA) is 26.3 Å². The Morgan fingerprint density at radius 2 is 1.81 bits per heavy atom. The Labute approximate surface area is 99.1 Å². The van der Waals surface area contributed by atoms with Gasteiger partial charge >= 0.3 is 5.97 Å². The highest BCUT2D eigenvalue weighted by atomic mass is 16.6. The van der Waals surface area contributed by atoms with Crippen molar-refractivity contribution < 1.29 is 9.53 Å². The Hall–Kier alpha value is -0.790. The van der Waals surface area contributed by atoms with Gasteiger partial charge in [0.15, 0.2) is 0 Å². The minimum absolute atomic E-state index is 0.0891. The maximum absolute atomic E-state index is 11.2. The maximum atomic E-state index is 11.2. The van der Waals surface area contributed by atoms with Crippen LogP contribution >= 0.6 is 0 Å². The van der Waals surface area contributed by atoms with E-state index < -0.39 is 0 Å². The van der Waals surface area contributed by atoms with Gasteiger partial charge in [-0.25, -0.2) is 4.79 Å². The van der Waals surface area contributed by atoms with E-state index in [1.807, 2.05) is 6.92 Å². The Morgan fingerprint density at radius 3 is 2.38 bits per heavy atom. The number of hydrogen-bond acceptors (Lipinski definition) is 2. The van der Waals surface area contributed by atoms with Crippen molar-refractivity contribution in [2.75, 3.05) is 0 Å². The minimum atomic E-state index is -0.191. The SMILES string of the molecule is C=C1C(=O)O[C@H](CCCCCCCC)[C@H]1C. The van der Waals surface area contributed by atoms with Crippen LogP contribution < -0.4 is 0 Å². The lowest BCUT2D eigenvalue weighted by atomic mass is 9.95. The van der Waals surface area contributed by atoms with Crippen molar-refractivity contribution in [1.29, 1.82) is 0 Å². The van der Waals surface area contributed by atoms with Gasteiger partial charge in [0.25, 0.3) is 0 Å². The molecule has 1 heterocycles. The molecule has 0 bridgehead atoms. The summed E-state index contributed by atoms with van der Waals surface area (Å²) in [4.78, 5) is 11.2. The third-order valence-electron chi connectivity index (χ3n) is 3.47. The first kappa shape index (κ1) is 13.3. The van der Waals surface area contributed by atoms with Crippen LogP contribution in [0.1, 0.15) is 58.8 Å². The molecule has 0 amide bonds. The molecule has 2 nitrogen and oxygen atoms in total. The van der Waals surface area contributed by atoms with E-state index in [9.17, 15) is 4.79 Å². The molecule has 1 fully saturated rings. The largest absolute Gasteiger partial charge is 0.458 e. The van der Waals surface area contributed by atoms with Gasteiger partial charge in [0.2, 0.25) is 0 Å². The lowest BCUT2D eigenvalue weighted by molar-refractivity contribution is -0.139. The summed E-state index contributed by atoms with van der Waals surface area (Å²) in [5.74, 6) is 0.0200. The standard InChI is InChI=1S/C14H24O2/c1-4-5-6-7-8-9-10-13-11(2)12(3)14(15)16-13/h11,13H,3-10H2,1-2H3/t11-,13+/m0/s1. The van der Waals surface area contributed by atoms with Gasteiger partial charge in [0.1, 0.15) is 6.10 Å². The summed E-state index contributed by atoms with van der Waals surface area (Å²) < 4.78 is 5.28. The summed E-state index contributed by atoms with van der Waals surface area (Å²) in [6, 6.07) is 0. The fraction of sp³-hybridized carbons (Fsp3) is 0.786. The average molecular weight is 224 g/mol. The summed E-state index contributed by atoms with van der Waals surface area (Å²) in [5.41, 5.74) is 0.649. The zero-order valence-electron chi connectivity index (χ0n) is 10.6. The molecule has 0 aliphatic carbocycles. The van der Waals surface area contributed by atoms with E-state index in [0.29, 0.717) is 5.57 Å². The lowest BCUT2D eigenvalue weighted by Crippen LogP contribution is -2.13. The number of unbranched alkanes of at least 4 members (excludes halogenated alkanes) is 5. The number of ether oxygens (including phenoxy) is 1. The summed E-state index contributed by atoms with van der Waals surface area (Å²) >= 11 is 0. The van der Waals surface area contributed by atoms with E-state index in [1.165, 1.54) is 38.5 Å². The van der Waals surface area contributed by atoms with Gasteiger partial charge in [0, 0.05) is 11.5 Å². The molecule has 0 aromatic rings. The maximum Gasteiger partial charge on any atom is 0.334 e. The van der Waals surface area contributed by atoms with Crippen LogP contribution in [0.15, 0.2) is 12.2 Å². The highest BCUT2D eigenvalue weighted by Gasteiger charge is 2.34. The van der Waals surface area contributed by atoms with Crippen molar-refractivity contribution >= 4 is 5.97 Å². The van der Waals surface area contributed by atoms with E-state index in [-0.39, 0.29) is 18.0 Å². The van der Waals surface area contributed by atoms with E-state index >= 15 is 0 Å². The fourth-order valence-corrected chi connectivity index (χ4v) is 2.16. The first-order valence-electron chi connectivity index (χ1n) is 6.56. The van der Waals surface area contributed by atoms with Gasteiger partial charge in [-0.05, 0) is 12.8 Å². The number of hydrogen-bond donors (Lipinski definition) is 0. The summed E-state index contributed by atoms with van der Waals surface area (Å²) in [6.45, 7) is 8.02. The van der Waals surface area contributed by atoms with E-state index in [0.717, 1.165) is 6.42 Å². The van der Waals surface area contributed by atoms with Crippen molar-refractivity contribution in [3.05, 3.63) is 12.2 Å². The Bertz CT molecular complexity index is 245. The van der Waals surface area contributed by atoms with Crippen molar-refractivity contribution in [3.63, 3.8) is 0 Å². The second-order valence-corrected chi connectivity index (χ2v) is 4.81. The van der Waals surface area contributed by atoms with Crippen LogP contribution in [-0.2, 0) is 9.53 Å². The van der Waals surface area contributed by atoms with Crippen LogP contribution in [0.25, 0.3) is 0 Å². The third-order valence-corrected chi connectivity index (χ3v) is 3.47. The molecule has 2 atom stereocenters. The molecule has 1 aliphatic heterocycles. The van der Waals surface area contributed by atoms with E-state index in [4.69, 9.17) is 4.74 Å². The summed E-state index contributed by atoms with van der Waals surface area (Å²) in [6.07, 6.45) is 8.78. The molecule has 92 valence electrons. The van der Waals surface area contributed by atoms with E-state index in [1.54, 1.807) is 0 Å². The quantitative estimate of drug-likeness (QED) is 0.373. The van der Waals surface area contributed by atoms with Crippen molar-refractivity contribution in [2.24, 2.45) is 5.92 Å².